The van der Waals surface area contributed by atoms with Gasteiger partial charge in [0.05, 0.1) is 22.4 Å². The van der Waals surface area contributed by atoms with E-state index in [1.165, 1.54) is 55.8 Å². The Morgan fingerprint density at radius 1 is 0.478 bits per heavy atom. The zero-order valence-electron chi connectivity index (χ0n) is 40.7. The Kier molecular flexibility index (Phi) is 11.1. The van der Waals surface area contributed by atoms with Gasteiger partial charge in [0.25, 0.3) is 0 Å². The third kappa shape index (κ3) is 8.26. The molecular formula is C62H62N4O. The maximum absolute atomic E-state index is 7.04. The average molecular weight is 879 g/mol. The van der Waals surface area contributed by atoms with Crippen LogP contribution in [0.2, 0.25) is 0 Å². The van der Waals surface area contributed by atoms with Gasteiger partial charge in [0, 0.05) is 40.5 Å². The molecule has 0 radical (unpaired) electrons. The molecule has 0 spiro atoms. The molecule has 2 aromatic heterocycles. The Morgan fingerprint density at radius 2 is 1.12 bits per heavy atom. The van der Waals surface area contributed by atoms with Gasteiger partial charge in [-0.3, -0.25) is 4.57 Å². The number of ether oxygens (including phenoxy) is 1. The fourth-order valence-electron chi connectivity index (χ4n) is 9.88. The molecule has 9 aromatic rings. The quantitative estimate of drug-likeness (QED) is 0.145. The lowest BCUT2D eigenvalue weighted by Gasteiger charge is -2.25. The number of anilines is 4. The second-order valence-corrected chi connectivity index (χ2v) is 21.0. The highest BCUT2D eigenvalue weighted by Crippen LogP contribution is 2.49. The predicted octanol–water partition coefficient (Wildman–Crippen LogP) is 17.4. The van der Waals surface area contributed by atoms with Crippen LogP contribution >= 0.6 is 0 Å². The third-order valence-corrected chi connectivity index (χ3v) is 13.6. The van der Waals surface area contributed by atoms with Crippen molar-refractivity contribution < 1.29 is 4.74 Å². The van der Waals surface area contributed by atoms with E-state index in [0.29, 0.717) is 18.5 Å². The molecule has 0 fully saturated rings. The first-order chi connectivity index (χ1) is 32.1. The molecule has 0 saturated heterocycles. The summed E-state index contributed by atoms with van der Waals surface area (Å²) in [5, 5.41) is 2.34. The van der Waals surface area contributed by atoms with Gasteiger partial charge < -0.3 is 14.5 Å². The van der Waals surface area contributed by atoms with Crippen LogP contribution in [0.3, 0.4) is 0 Å². The van der Waals surface area contributed by atoms with Crippen LogP contribution in [0, 0.1) is 0 Å². The van der Waals surface area contributed by atoms with Gasteiger partial charge in [-0.1, -0.05) is 154 Å². The van der Waals surface area contributed by atoms with Gasteiger partial charge in [0.2, 0.25) is 0 Å². The fourth-order valence-corrected chi connectivity index (χ4v) is 9.88. The van der Waals surface area contributed by atoms with Crippen molar-refractivity contribution in [3.8, 4) is 39.6 Å². The summed E-state index contributed by atoms with van der Waals surface area (Å²) < 4.78 is 9.32. The number of aromatic nitrogens is 2. The van der Waals surface area contributed by atoms with Crippen molar-refractivity contribution in [1.29, 1.82) is 0 Å². The van der Waals surface area contributed by atoms with Crippen LogP contribution in [0.15, 0.2) is 170 Å². The lowest BCUT2D eigenvalue weighted by atomic mass is 9.85. The van der Waals surface area contributed by atoms with E-state index in [1.807, 2.05) is 6.20 Å². The van der Waals surface area contributed by atoms with E-state index in [2.05, 4.69) is 247 Å². The topological polar surface area (TPSA) is 33.5 Å². The number of nitrogens with zero attached hydrogens (tertiary/aromatic N) is 4. The molecular weight excluding hydrogens is 817 g/mol. The molecule has 0 atom stereocenters. The minimum Gasteiger partial charge on any atom is -0.457 e. The van der Waals surface area contributed by atoms with Crippen molar-refractivity contribution in [2.45, 2.75) is 91.9 Å². The van der Waals surface area contributed by atoms with Gasteiger partial charge in [-0.05, 0) is 134 Å². The first-order valence-corrected chi connectivity index (χ1v) is 23.9. The maximum atomic E-state index is 7.04. The molecule has 1 aliphatic heterocycles. The van der Waals surface area contributed by atoms with Crippen molar-refractivity contribution in [3.63, 3.8) is 0 Å². The van der Waals surface area contributed by atoms with Gasteiger partial charge >= 0.3 is 0 Å². The number of pyridine rings is 1. The van der Waals surface area contributed by atoms with Crippen LogP contribution in [0.25, 0.3) is 49.9 Å². The van der Waals surface area contributed by atoms with Crippen LogP contribution in [-0.4, -0.2) is 16.2 Å². The molecule has 3 heterocycles. The fraction of sp³-hybridized carbons (Fsp3) is 0.242. The summed E-state index contributed by atoms with van der Waals surface area (Å²) in [5.74, 6) is 3.23. The summed E-state index contributed by atoms with van der Waals surface area (Å²) in [6.45, 7) is 23.5. The van der Waals surface area contributed by atoms with E-state index < -0.39 is 0 Å². The highest BCUT2D eigenvalue weighted by molar-refractivity contribution is 6.09. The molecule has 5 heteroatoms. The minimum absolute atomic E-state index is 0.0192. The van der Waals surface area contributed by atoms with E-state index in [4.69, 9.17) is 9.72 Å². The second-order valence-electron chi connectivity index (χ2n) is 21.0. The van der Waals surface area contributed by atoms with Crippen LogP contribution in [-0.2, 0) is 10.8 Å². The van der Waals surface area contributed by atoms with E-state index in [0.717, 1.165) is 50.6 Å². The summed E-state index contributed by atoms with van der Waals surface area (Å²) >= 11 is 0. The zero-order valence-corrected chi connectivity index (χ0v) is 40.7. The molecule has 67 heavy (non-hydrogen) atoms. The first-order valence-electron chi connectivity index (χ1n) is 23.9. The van der Waals surface area contributed by atoms with Crippen molar-refractivity contribution >= 4 is 44.6 Å². The van der Waals surface area contributed by atoms with Crippen molar-refractivity contribution in [1.82, 2.24) is 9.55 Å². The number of rotatable bonds is 9. The number of hydrogen-bond acceptors (Lipinski definition) is 4. The van der Waals surface area contributed by atoms with E-state index in [-0.39, 0.29) is 10.8 Å². The third-order valence-electron chi connectivity index (χ3n) is 13.6. The second kappa shape index (κ2) is 17.0. The Hall–Kier alpha value is -7.11. The Labute approximate surface area is 397 Å². The van der Waals surface area contributed by atoms with Crippen LogP contribution in [0.5, 0.6) is 11.5 Å². The van der Waals surface area contributed by atoms with Gasteiger partial charge in [-0.2, -0.15) is 0 Å². The molecule has 10 rings (SSSR count). The molecule has 5 nitrogen and oxygen atoms in total. The molecule has 7 aromatic carbocycles. The highest BCUT2D eigenvalue weighted by Gasteiger charge is 2.31. The van der Waals surface area contributed by atoms with Crippen LogP contribution in [0.4, 0.5) is 22.7 Å². The Balaban J connectivity index is 1.10. The average Bonchev–Trinajstić information content (AvgIpc) is 3.87. The molecule has 0 N–H and O–H groups in total. The predicted molar refractivity (Wildman–Crippen MR) is 284 cm³/mol. The van der Waals surface area contributed by atoms with Gasteiger partial charge in [-0.25, -0.2) is 4.98 Å². The van der Waals surface area contributed by atoms with Crippen molar-refractivity contribution in [2.75, 3.05) is 16.5 Å². The number of hydrogen-bond donors (Lipinski definition) is 0. The summed E-state index contributed by atoms with van der Waals surface area (Å²) in [7, 11) is 0. The van der Waals surface area contributed by atoms with Gasteiger partial charge in [-0.15, -0.1) is 0 Å². The zero-order chi connectivity index (χ0) is 46.8. The monoisotopic (exact) mass is 878 g/mol. The summed E-state index contributed by atoms with van der Waals surface area (Å²) in [4.78, 5) is 9.87. The van der Waals surface area contributed by atoms with Crippen molar-refractivity contribution in [2.24, 2.45) is 0 Å². The van der Waals surface area contributed by atoms with Crippen LogP contribution in [0.1, 0.15) is 103 Å². The van der Waals surface area contributed by atoms with Crippen LogP contribution < -0.4 is 14.5 Å². The SMILES string of the molecule is CC(C)c1cccc(C(C)C)c1-c1cccc(N2CN(c3cc(Oc4ccc5c6ccccc6n(-c6cc(C(C)(C)C)ccn6)c5c4)cc(-c4ccccc4)c3)c3cc(C(C)(C)C)ccc32)c1. The number of para-hydroxylation sites is 1. The van der Waals surface area contributed by atoms with E-state index in [1.54, 1.807) is 0 Å². The van der Waals surface area contributed by atoms with Gasteiger partial charge in [0.1, 0.15) is 24.0 Å². The molecule has 1 aliphatic rings. The first kappa shape index (κ1) is 43.8. The molecule has 0 bridgehead atoms. The molecule has 0 aliphatic carbocycles. The smallest absolute Gasteiger partial charge is 0.137 e. The summed E-state index contributed by atoms with van der Waals surface area (Å²) in [5.41, 5.74) is 16.8. The maximum Gasteiger partial charge on any atom is 0.137 e. The summed E-state index contributed by atoms with van der Waals surface area (Å²) in [6.07, 6.45) is 1.93. The number of benzene rings is 7. The van der Waals surface area contributed by atoms with E-state index >= 15 is 0 Å². The minimum atomic E-state index is -0.0350. The van der Waals surface area contributed by atoms with Gasteiger partial charge in [0.15, 0.2) is 0 Å². The highest BCUT2D eigenvalue weighted by atomic mass is 16.5. The normalized spacial score (nSPS) is 13.1. The molecule has 0 unspecified atom stereocenters. The van der Waals surface area contributed by atoms with E-state index in [9.17, 15) is 0 Å². The largest absolute Gasteiger partial charge is 0.457 e. The lowest BCUT2D eigenvalue weighted by molar-refractivity contribution is 0.483. The Morgan fingerprint density at radius 3 is 1.85 bits per heavy atom. The Bertz CT molecular complexity index is 3260. The van der Waals surface area contributed by atoms with Crippen molar-refractivity contribution in [3.05, 3.63) is 192 Å². The molecule has 0 saturated carbocycles. The summed E-state index contributed by atoms with van der Waals surface area (Å²) in [6, 6.07) is 59.8. The molecule has 336 valence electrons. The standard InChI is InChI=1S/C62H62N4O/c1-40(2)51-23-17-24-52(41(3)4)60(51)43-20-16-21-47(32-43)64-39-65(58-35-45(61(5,6)7)26-29-56(58)64)48-33-44(42-18-12-11-13-19-42)34-50(37-48)67-49-27-28-54-53-22-14-15-25-55(53)66(57(54)38-49)59-36-46(30-31-63-59)62(8,9)10/h11-38,40-41H,39H2,1-10H3. The lowest BCUT2D eigenvalue weighted by Crippen LogP contribution is -2.24. The molecule has 0 amide bonds. The number of fused-ring (bicyclic) bond motifs is 4.